The van der Waals surface area contributed by atoms with Crippen molar-refractivity contribution in [2.45, 2.75) is 11.8 Å². The fourth-order valence-electron chi connectivity index (χ4n) is 1.27. The Kier molecular flexibility index (Phi) is 5.82. The van der Waals surface area contributed by atoms with Gasteiger partial charge in [0, 0.05) is 7.11 Å². The molecule has 0 spiro atoms. The SMILES string of the molecule is COCC(Br)=C=CCS(=O)(=O)c1ccc(C)cc1. The van der Waals surface area contributed by atoms with E-state index in [4.69, 9.17) is 4.74 Å². The maximum atomic E-state index is 12.0. The fourth-order valence-corrected chi connectivity index (χ4v) is 2.71. The number of ether oxygens (including phenoxy) is 1. The van der Waals surface area contributed by atoms with Crippen LogP contribution in [0.1, 0.15) is 5.56 Å². The molecule has 18 heavy (non-hydrogen) atoms. The first-order chi connectivity index (χ1) is 8.45. The first-order valence-corrected chi connectivity index (χ1v) is 7.78. The van der Waals surface area contributed by atoms with E-state index in [9.17, 15) is 8.42 Å². The largest absolute Gasteiger partial charge is 0.379 e. The second-order valence-electron chi connectivity index (χ2n) is 3.78. The van der Waals surface area contributed by atoms with Crippen molar-refractivity contribution < 1.29 is 13.2 Å². The molecule has 98 valence electrons. The molecule has 5 heteroatoms. The summed E-state index contributed by atoms with van der Waals surface area (Å²) in [5.74, 6) is -0.0745. The van der Waals surface area contributed by atoms with Gasteiger partial charge in [0.2, 0.25) is 0 Å². The summed E-state index contributed by atoms with van der Waals surface area (Å²) in [4.78, 5) is 0.328. The Morgan fingerprint density at radius 3 is 2.56 bits per heavy atom. The molecule has 0 aromatic heterocycles. The predicted molar refractivity (Wildman–Crippen MR) is 75.6 cm³/mol. The lowest BCUT2D eigenvalue weighted by Crippen LogP contribution is -2.04. The van der Waals surface area contributed by atoms with Crippen molar-refractivity contribution >= 4 is 25.8 Å². The first-order valence-electron chi connectivity index (χ1n) is 5.33. The summed E-state index contributed by atoms with van der Waals surface area (Å²) in [6.45, 7) is 2.29. The molecule has 0 aliphatic rings. The summed E-state index contributed by atoms with van der Waals surface area (Å²) >= 11 is 3.23. The monoisotopic (exact) mass is 330 g/mol. The van der Waals surface area contributed by atoms with Crippen LogP contribution in [0.4, 0.5) is 0 Å². The van der Waals surface area contributed by atoms with Crippen LogP contribution in [-0.4, -0.2) is 27.9 Å². The number of aryl methyl sites for hydroxylation is 1. The second-order valence-corrected chi connectivity index (χ2v) is 6.77. The van der Waals surface area contributed by atoms with Crippen LogP contribution in [-0.2, 0) is 14.6 Å². The van der Waals surface area contributed by atoms with Crippen LogP contribution >= 0.6 is 15.9 Å². The minimum atomic E-state index is -3.28. The molecule has 0 fully saturated rings. The number of hydrogen-bond donors (Lipinski definition) is 0. The summed E-state index contributed by atoms with van der Waals surface area (Å²) in [7, 11) is -1.72. The minimum Gasteiger partial charge on any atom is -0.379 e. The van der Waals surface area contributed by atoms with Crippen LogP contribution < -0.4 is 0 Å². The van der Waals surface area contributed by atoms with Gasteiger partial charge in [0.1, 0.15) is 0 Å². The van der Waals surface area contributed by atoms with Crippen molar-refractivity contribution in [2.24, 2.45) is 0 Å². The van der Waals surface area contributed by atoms with Crippen molar-refractivity contribution in [3.63, 3.8) is 0 Å². The molecule has 0 atom stereocenters. The molecule has 0 N–H and O–H groups in total. The third-order valence-electron chi connectivity index (χ3n) is 2.21. The zero-order valence-corrected chi connectivity index (χ0v) is 12.7. The van der Waals surface area contributed by atoms with Crippen LogP contribution in [0, 0.1) is 6.92 Å². The maximum Gasteiger partial charge on any atom is 0.182 e. The predicted octanol–water partition coefficient (Wildman–Crippen LogP) is 2.85. The summed E-state index contributed by atoms with van der Waals surface area (Å²) in [6, 6.07) is 6.80. The van der Waals surface area contributed by atoms with Gasteiger partial charge in [-0.3, -0.25) is 0 Å². The van der Waals surface area contributed by atoms with Gasteiger partial charge in [0.15, 0.2) is 9.84 Å². The molecule has 0 aliphatic heterocycles. The number of halogens is 1. The molecular weight excluding hydrogens is 316 g/mol. The number of rotatable bonds is 5. The highest BCUT2D eigenvalue weighted by atomic mass is 79.9. The van der Waals surface area contributed by atoms with Gasteiger partial charge < -0.3 is 4.74 Å². The van der Waals surface area contributed by atoms with Crippen LogP contribution in [0.2, 0.25) is 0 Å². The molecule has 0 bridgehead atoms. The van der Waals surface area contributed by atoms with Gasteiger partial charge in [-0.25, -0.2) is 8.42 Å². The quantitative estimate of drug-likeness (QED) is 0.779. The molecule has 1 aromatic rings. The Balaban J connectivity index is 2.83. The highest BCUT2D eigenvalue weighted by Gasteiger charge is 2.11. The van der Waals surface area contributed by atoms with E-state index in [0.717, 1.165) is 5.56 Å². The molecule has 0 amide bonds. The van der Waals surface area contributed by atoms with Crippen LogP contribution in [0.15, 0.2) is 45.5 Å². The third kappa shape index (κ3) is 4.78. The summed E-state index contributed by atoms with van der Waals surface area (Å²) < 4.78 is 29.5. The van der Waals surface area contributed by atoms with E-state index < -0.39 is 9.84 Å². The Morgan fingerprint density at radius 2 is 2.00 bits per heavy atom. The Labute approximate surface area is 116 Å². The van der Waals surface area contributed by atoms with Crippen LogP contribution in [0.5, 0.6) is 0 Å². The molecule has 0 saturated heterocycles. The molecule has 0 unspecified atom stereocenters. The molecule has 0 heterocycles. The number of benzene rings is 1. The van der Waals surface area contributed by atoms with E-state index in [1.165, 1.54) is 6.08 Å². The van der Waals surface area contributed by atoms with Gasteiger partial charge in [-0.2, -0.15) is 0 Å². The smallest absolute Gasteiger partial charge is 0.182 e. The summed E-state index contributed by atoms with van der Waals surface area (Å²) in [6.07, 6.45) is 1.48. The number of sulfone groups is 1. The molecule has 0 aliphatic carbocycles. The standard InChI is InChI=1S/C13H15BrO3S/c1-11-5-7-13(8-6-11)18(15,16)9-3-4-12(14)10-17-2/h3,5-8H,9-10H2,1-2H3. The Bertz CT molecular complexity index is 552. The van der Waals surface area contributed by atoms with E-state index in [-0.39, 0.29) is 5.75 Å². The van der Waals surface area contributed by atoms with E-state index in [2.05, 4.69) is 21.7 Å². The Hall–Kier alpha value is -0.870. The highest BCUT2D eigenvalue weighted by molar-refractivity contribution is 9.11. The Morgan fingerprint density at radius 1 is 1.39 bits per heavy atom. The topological polar surface area (TPSA) is 43.4 Å². The number of hydrogen-bond acceptors (Lipinski definition) is 3. The molecule has 1 rings (SSSR count). The average Bonchev–Trinajstić information content (AvgIpc) is 2.29. The molecular formula is C13H15BrO3S. The normalized spacial score (nSPS) is 10.8. The molecule has 0 radical (unpaired) electrons. The van der Waals surface area contributed by atoms with Gasteiger partial charge in [-0.15, -0.1) is 5.73 Å². The van der Waals surface area contributed by atoms with Crippen LogP contribution in [0.3, 0.4) is 0 Å². The molecule has 0 saturated carbocycles. The summed E-state index contributed by atoms with van der Waals surface area (Å²) in [5, 5.41) is 0. The van der Waals surface area contributed by atoms with Crippen molar-refractivity contribution in [2.75, 3.05) is 19.5 Å². The summed E-state index contributed by atoms with van der Waals surface area (Å²) in [5.41, 5.74) is 3.86. The fraction of sp³-hybridized carbons (Fsp3) is 0.308. The zero-order valence-electron chi connectivity index (χ0n) is 10.3. The van der Waals surface area contributed by atoms with Crippen LogP contribution in [0.25, 0.3) is 0 Å². The van der Waals surface area contributed by atoms with Crippen molar-refractivity contribution in [1.82, 2.24) is 0 Å². The van der Waals surface area contributed by atoms with E-state index in [0.29, 0.717) is 16.0 Å². The number of methoxy groups -OCH3 is 1. The zero-order chi connectivity index (χ0) is 13.6. The van der Waals surface area contributed by atoms with E-state index >= 15 is 0 Å². The lowest BCUT2D eigenvalue weighted by atomic mass is 10.2. The van der Waals surface area contributed by atoms with E-state index in [1.54, 1.807) is 31.4 Å². The lowest BCUT2D eigenvalue weighted by molar-refractivity contribution is 0.232. The maximum absolute atomic E-state index is 12.0. The first kappa shape index (κ1) is 15.2. The van der Waals surface area contributed by atoms with Gasteiger partial charge >= 0.3 is 0 Å². The lowest BCUT2D eigenvalue weighted by Gasteiger charge is -2.01. The van der Waals surface area contributed by atoms with Crippen molar-refractivity contribution in [3.05, 3.63) is 46.1 Å². The van der Waals surface area contributed by atoms with Crippen molar-refractivity contribution in [3.8, 4) is 0 Å². The van der Waals surface area contributed by atoms with Gasteiger partial charge in [0.25, 0.3) is 0 Å². The second kappa shape index (κ2) is 6.90. The molecule has 1 aromatic carbocycles. The third-order valence-corrected chi connectivity index (χ3v) is 4.27. The van der Waals surface area contributed by atoms with Crippen molar-refractivity contribution in [1.29, 1.82) is 0 Å². The minimum absolute atomic E-state index is 0.0745. The van der Waals surface area contributed by atoms with Gasteiger partial charge in [-0.1, -0.05) is 17.7 Å². The molecule has 3 nitrogen and oxygen atoms in total. The highest BCUT2D eigenvalue weighted by Crippen LogP contribution is 2.12. The van der Waals surface area contributed by atoms with Gasteiger partial charge in [0.05, 0.1) is 21.7 Å². The van der Waals surface area contributed by atoms with Gasteiger partial charge in [-0.05, 0) is 41.1 Å². The average molecular weight is 331 g/mol. The van der Waals surface area contributed by atoms with E-state index in [1.807, 2.05) is 6.92 Å².